The first kappa shape index (κ1) is 20.6. The van der Waals surface area contributed by atoms with Crippen molar-refractivity contribution in [2.45, 2.75) is 32.7 Å². The maximum atomic E-state index is 12.8. The normalized spacial score (nSPS) is 17.4. The summed E-state index contributed by atoms with van der Waals surface area (Å²) in [7, 11) is 0. The molecule has 6 nitrogen and oxygen atoms in total. The molecule has 0 aromatic heterocycles. The van der Waals surface area contributed by atoms with Gasteiger partial charge < -0.3 is 15.3 Å². The molecule has 152 valence electrons. The molecule has 2 N–H and O–H groups in total. The van der Waals surface area contributed by atoms with E-state index in [-0.39, 0.29) is 11.8 Å². The summed E-state index contributed by atoms with van der Waals surface area (Å²) in [6, 6.07) is 13.4. The highest BCUT2D eigenvalue weighted by atomic mass is 16.4. The van der Waals surface area contributed by atoms with Gasteiger partial charge in [-0.25, -0.2) is 4.79 Å². The van der Waals surface area contributed by atoms with Crippen LogP contribution in [0.5, 0.6) is 0 Å². The van der Waals surface area contributed by atoms with E-state index in [2.05, 4.69) is 5.32 Å². The molecule has 6 heteroatoms. The molecule has 29 heavy (non-hydrogen) atoms. The maximum absolute atomic E-state index is 12.8. The predicted octanol–water partition coefficient (Wildman–Crippen LogP) is 3.10. The average molecular weight is 394 g/mol. The number of aryl methyl sites for hydroxylation is 2. The zero-order valence-electron chi connectivity index (χ0n) is 16.7. The maximum Gasteiger partial charge on any atom is 0.330 e. The van der Waals surface area contributed by atoms with Crippen LogP contribution in [0.25, 0.3) is 0 Å². The van der Waals surface area contributed by atoms with Crippen molar-refractivity contribution in [3.63, 3.8) is 0 Å². The van der Waals surface area contributed by atoms with Gasteiger partial charge in [-0.2, -0.15) is 0 Å². The third-order valence-electron chi connectivity index (χ3n) is 5.21. The van der Waals surface area contributed by atoms with Gasteiger partial charge in [0.2, 0.25) is 5.91 Å². The molecule has 0 saturated carbocycles. The Hall–Kier alpha value is -3.15. The van der Waals surface area contributed by atoms with Crippen molar-refractivity contribution < 1.29 is 19.5 Å². The van der Waals surface area contributed by atoms with Gasteiger partial charge in [0.1, 0.15) is 0 Å². The van der Waals surface area contributed by atoms with Crippen LogP contribution < -0.4 is 5.32 Å². The summed E-state index contributed by atoms with van der Waals surface area (Å²) >= 11 is 0. The van der Waals surface area contributed by atoms with Gasteiger partial charge in [0.05, 0.1) is 5.92 Å². The molecule has 2 unspecified atom stereocenters. The third kappa shape index (κ3) is 5.02. The minimum Gasteiger partial charge on any atom is -0.479 e. The van der Waals surface area contributed by atoms with E-state index in [1.54, 1.807) is 29.2 Å². The number of hydrogen-bond acceptors (Lipinski definition) is 3. The highest BCUT2D eigenvalue weighted by Gasteiger charge is 2.32. The van der Waals surface area contributed by atoms with Crippen LogP contribution in [0, 0.1) is 19.8 Å². The first-order valence-corrected chi connectivity index (χ1v) is 9.81. The third-order valence-corrected chi connectivity index (χ3v) is 5.21. The van der Waals surface area contributed by atoms with E-state index in [4.69, 9.17) is 0 Å². The van der Waals surface area contributed by atoms with Crippen molar-refractivity contribution in [2.75, 3.05) is 13.1 Å². The van der Waals surface area contributed by atoms with Gasteiger partial charge in [-0.1, -0.05) is 47.5 Å². The fourth-order valence-corrected chi connectivity index (χ4v) is 3.86. The van der Waals surface area contributed by atoms with Crippen LogP contribution in [0.2, 0.25) is 0 Å². The Kier molecular flexibility index (Phi) is 6.32. The highest BCUT2D eigenvalue weighted by Crippen LogP contribution is 2.22. The predicted molar refractivity (Wildman–Crippen MR) is 110 cm³/mol. The van der Waals surface area contributed by atoms with Gasteiger partial charge in [-0.15, -0.1) is 0 Å². The quantitative estimate of drug-likeness (QED) is 0.816. The smallest absolute Gasteiger partial charge is 0.330 e. The number of carbonyl (C=O) groups is 3. The zero-order valence-corrected chi connectivity index (χ0v) is 16.7. The standard InChI is InChI=1S/C23H26N2O4/c1-15-11-16(2)13-19(12-15)20(23(28)29)24-21(26)18-9-6-10-25(14-18)22(27)17-7-4-3-5-8-17/h3-5,7-8,11-13,18,20H,6,9-10,14H2,1-2H3,(H,24,26)(H,28,29). The SMILES string of the molecule is Cc1cc(C)cc(C(NC(=O)C2CCCN(C(=O)c3ccccc3)C2)C(=O)O)c1. The van der Waals surface area contributed by atoms with Crippen molar-refractivity contribution in [3.05, 3.63) is 70.8 Å². The van der Waals surface area contributed by atoms with Gasteiger partial charge in [0.25, 0.3) is 5.91 Å². The number of nitrogens with zero attached hydrogens (tertiary/aromatic N) is 1. The van der Waals surface area contributed by atoms with Crippen molar-refractivity contribution >= 4 is 17.8 Å². The van der Waals surface area contributed by atoms with Gasteiger partial charge >= 0.3 is 5.97 Å². The first-order valence-electron chi connectivity index (χ1n) is 9.81. The molecule has 1 aliphatic heterocycles. The van der Waals surface area contributed by atoms with Crippen LogP contribution in [-0.2, 0) is 9.59 Å². The second-order valence-electron chi connectivity index (χ2n) is 7.66. The molecule has 2 aromatic rings. The molecule has 0 aliphatic carbocycles. The minimum atomic E-state index is -1.11. The van der Waals surface area contributed by atoms with Gasteiger partial charge in [0.15, 0.2) is 6.04 Å². The van der Waals surface area contributed by atoms with Crippen LogP contribution in [0.1, 0.15) is 45.9 Å². The van der Waals surface area contributed by atoms with Crippen LogP contribution in [-0.4, -0.2) is 40.9 Å². The molecular formula is C23H26N2O4. The Morgan fingerprint density at radius 2 is 1.72 bits per heavy atom. The van der Waals surface area contributed by atoms with E-state index in [0.717, 1.165) is 11.1 Å². The summed E-state index contributed by atoms with van der Waals surface area (Å²) in [6.45, 7) is 4.67. The number of carboxylic acid groups (broad SMARTS) is 1. The topological polar surface area (TPSA) is 86.7 Å². The van der Waals surface area contributed by atoms with Crippen LogP contribution in [0.15, 0.2) is 48.5 Å². The minimum absolute atomic E-state index is 0.104. The number of nitrogens with one attached hydrogen (secondary N) is 1. The van der Waals surface area contributed by atoms with Gasteiger partial charge in [0, 0.05) is 18.7 Å². The second-order valence-corrected chi connectivity index (χ2v) is 7.66. The summed E-state index contributed by atoms with van der Waals surface area (Å²) in [5, 5.41) is 12.3. The summed E-state index contributed by atoms with van der Waals surface area (Å²) in [4.78, 5) is 39.0. The van der Waals surface area contributed by atoms with Crippen LogP contribution >= 0.6 is 0 Å². The lowest BCUT2D eigenvalue weighted by atomic mass is 9.95. The Morgan fingerprint density at radius 3 is 2.34 bits per heavy atom. The molecule has 1 heterocycles. The van der Waals surface area contributed by atoms with E-state index >= 15 is 0 Å². The molecule has 2 atom stereocenters. The van der Waals surface area contributed by atoms with Gasteiger partial charge in [-0.05, 0) is 44.4 Å². The summed E-state index contributed by atoms with van der Waals surface area (Å²) in [5.74, 6) is -1.96. The second kappa shape index (κ2) is 8.90. The molecule has 1 fully saturated rings. The monoisotopic (exact) mass is 394 g/mol. The zero-order chi connectivity index (χ0) is 21.0. The van der Waals surface area contributed by atoms with E-state index in [1.807, 2.05) is 38.1 Å². The summed E-state index contributed by atoms with van der Waals surface area (Å²) < 4.78 is 0. The number of amides is 2. The van der Waals surface area contributed by atoms with E-state index < -0.39 is 17.9 Å². The fraction of sp³-hybridized carbons (Fsp3) is 0.348. The van der Waals surface area contributed by atoms with Crippen molar-refractivity contribution in [3.8, 4) is 0 Å². The number of aliphatic carboxylic acids is 1. The van der Waals surface area contributed by atoms with E-state index in [9.17, 15) is 19.5 Å². The first-order chi connectivity index (χ1) is 13.8. The molecule has 1 aliphatic rings. The number of carbonyl (C=O) groups excluding carboxylic acids is 2. The lowest BCUT2D eigenvalue weighted by Gasteiger charge is -2.32. The lowest BCUT2D eigenvalue weighted by Crippen LogP contribution is -2.47. The van der Waals surface area contributed by atoms with Crippen LogP contribution in [0.3, 0.4) is 0 Å². The number of likely N-dealkylation sites (tertiary alicyclic amines) is 1. The number of hydrogen-bond donors (Lipinski definition) is 2. The molecular weight excluding hydrogens is 368 g/mol. The molecule has 1 saturated heterocycles. The van der Waals surface area contributed by atoms with Gasteiger partial charge in [-0.3, -0.25) is 9.59 Å². The Bertz CT molecular complexity index is 890. The molecule has 0 spiro atoms. The molecule has 0 radical (unpaired) electrons. The highest BCUT2D eigenvalue weighted by molar-refractivity contribution is 5.95. The number of carboxylic acids is 1. The molecule has 3 rings (SSSR count). The molecule has 2 amide bonds. The van der Waals surface area contributed by atoms with Crippen LogP contribution in [0.4, 0.5) is 0 Å². The fourth-order valence-electron chi connectivity index (χ4n) is 3.86. The van der Waals surface area contributed by atoms with E-state index in [1.165, 1.54) is 0 Å². The van der Waals surface area contributed by atoms with Crippen molar-refractivity contribution in [1.82, 2.24) is 10.2 Å². The number of benzene rings is 2. The Balaban J connectivity index is 1.71. The van der Waals surface area contributed by atoms with Crippen molar-refractivity contribution in [1.29, 1.82) is 0 Å². The molecule has 0 bridgehead atoms. The Morgan fingerprint density at radius 1 is 1.07 bits per heavy atom. The largest absolute Gasteiger partial charge is 0.479 e. The summed E-state index contributed by atoms with van der Waals surface area (Å²) in [6.07, 6.45) is 1.33. The molecule has 2 aromatic carbocycles. The van der Waals surface area contributed by atoms with Crippen molar-refractivity contribution in [2.24, 2.45) is 5.92 Å². The average Bonchev–Trinajstić information content (AvgIpc) is 2.71. The van der Waals surface area contributed by atoms with E-state index in [0.29, 0.717) is 37.1 Å². The number of rotatable bonds is 5. The Labute approximate surface area is 170 Å². The summed E-state index contributed by atoms with van der Waals surface area (Å²) in [5.41, 5.74) is 3.03. The lowest BCUT2D eigenvalue weighted by molar-refractivity contribution is -0.143. The number of piperidine rings is 1.